The number of nitrogens with zero attached hydrogens (tertiary/aromatic N) is 1. The Morgan fingerprint density at radius 3 is 2.67 bits per heavy atom. The molecule has 0 aromatic heterocycles. The SMILES string of the molecule is CCNC(=O)c1ccc(N)cc1N(C)CC(=O)O. The van der Waals surface area contributed by atoms with Gasteiger partial charge in [-0.05, 0) is 25.1 Å². The molecule has 4 N–H and O–H groups in total. The van der Waals surface area contributed by atoms with Gasteiger partial charge < -0.3 is 21.1 Å². The fourth-order valence-electron chi connectivity index (χ4n) is 1.60. The first-order valence-electron chi connectivity index (χ1n) is 5.56. The number of rotatable bonds is 5. The van der Waals surface area contributed by atoms with E-state index in [4.69, 9.17) is 10.8 Å². The van der Waals surface area contributed by atoms with Crippen molar-refractivity contribution in [3.8, 4) is 0 Å². The van der Waals surface area contributed by atoms with Gasteiger partial charge in [-0.3, -0.25) is 9.59 Å². The first-order valence-corrected chi connectivity index (χ1v) is 5.56. The van der Waals surface area contributed by atoms with Gasteiger partial charge in [0.15, 0.2) is 0 Å². The Hall–Kier alpha value is -2.24. The highest BCUT2D eigenvalue weighted by Gasteiger charge is 2.15. The van der Waals surface area contributed by atoms with Gasteiger partial charge >= 0.3 is 5.97 Å². The monoisotopic (exact) mass is 251 g/mol. The summed E-state index contributed by atoms with van der Waals surface area (Å²) in [5.41, 5.74) is 7.06. The maximum absolute atomic E-state index is 11.8. The van der Waals surface area contributed by atoms with Gasteiger partial charge in [-0.25, -0.2) is 0 Å². The summed E-state index contributed by atoms with van der Waals surface area (Å²) < 4.78 is 0. The van der Waals surface area contributed by atoms with Crippen molar-refractivity contribution in [1.82, 2.24) is 5.32 Å². The molecular weight excluding hydrogens is 234 g/mol. The van der Waals surface area contributed by atoms with Crippen molar-refractivity contribution in [2.24, 2.45) is 0 Å². The smallest absolute Gasteiger partial charge is 0.323 e. The predicted molar refractivity (Wildman–Crippen MR) is 69.8 cm³/mol. The van der Waals surface area contributed by atoms with Crippen LogP contribution < -0.4 is 16.0 Å². The van der Waals surface area contributed by atoms with E-state index in [1.165, 1.54) is 4.90 Å². The molecule has 1 aromatic rings. The Morgan fingerprint density at radius 1 is 1.44 bits per heavy atom. The molecule has 6 heteroatoms. The van der Waals surface area contributed by atoms with Gasteiger partial charge in [0.05, 0.1) is 11.3 Å². The summed E-state index contributed by atoms with van der Waals surface area (Å²) in [6.07, 6.45) is 0. The van der Waals surface area contributed by atoms with Crippen molar-refractivity contribution in [1.29, 1.82) is 0 Å². The van der Waals surface area contributed by atoms with Crippen LogP contribution >= 0.6 is 0 Å². The van der Waals surface area contributed by atoms with Gasteiger partial charge in [-0.15, -0.1) is 0 Å². The molecule has 1 amide bonds. The first kappa shape index (κ1) is 13.8. The quantitative estimate of drug-likeness (QED) is 0.664. The molecule has 1 aromatic carbocycles. The average Bonchev–Trinajstić information content (AvgIpc) is 2.28. The van der Waals surface area contributed by atoms with Crippen LogP contribution in [0.3, 0.4) is 0 Å². The van der Waals surface area contributed by atoms with Crippen molar-refractivity contribution in [3.63, 3.8) is 0 Å². The number of nitrogen functional groups attached to an aromatic ring is 1. The molecule has 6 nitrogen and oxygen atoms in total. The van der Waals surface area contributed by atoms with Gasteiger partial charge in [-0.2, -0.15) is 0 Å². The number of benzene rings is 1. The minimum Gasteiger partial charge on any atom is -0.480 e. The van der Waals surface area contributed by atoms with Crippen LogP contribution in [0.25, 0.3) is 0 Å². The number of carboxylic acids is 1. The summed E-state index contributed by atoms with van der Waals surface area (Å²) in [5.74, 6) is -1.22. The Balaban J connectivity index is 3.10. The second kappa shape index (κ2) is 5.90. The second-order valence-corrected chi connectivity index (χ2v) is 3.89. The Kier molecular flexibility index (Phi) is 4.53. The van der Waals surface area contributed by atoms with E-state index in [1.54, 1.807) is 25.2 Å². The van der Waals surface area contributed by atoms with Gasteiger partial charge in [0.1, 0.15) is 6.54 Å². The van der Waals surface area contributed by atoms with Crippen LogP contribution in [-0.4, -0.2) is 37.1 Å². The highest BCUT2D eigenvalue weighted by atomic mass is 16.4. The van der Waals surface area contributed by atoms with Crippen LogP contribution in [0, 0.1) is 0 Å². The number of likely N-dealkylation sites (N-methyl/N-ethyl adjacent to an activating group) is 1. The van der Waals surface area contributed by atoms with E-state index in [2.05, 4.69) is 5.32 Å². The van der Waals surface area contributed by atoms with Crippen LogP contribution in [0.4, 0.5) is 11.4 Å². The molecule has 1 rings (SSSR count). The molecule has 0 aliphatic carbocycles. The molecule has 18 heavy (non-hydrogen) atoms. The standard InChI is InChI=1S/C12H17N3O3/c1-3-14-12(18)9-5-4-8(13)6-10(9)15(2)7-11(16)17/h4-6H,3,7,13H2,1-2H3,(H,14,18)(H,16,17). The van der Waals surface area contributed by atoms with Gasteiger partial charge in [-0.1, -0.05) is 0 Å². The van der Waals surface area contributed by atoms with Gasteiger partial charge in [0, 0.05) is 19.3 Å². The predicted octanol–water partition coefficient (Wildman–Crippen LogP) is 0.539. The third-order valence-corrected chi connectivity index (χ3v) is 2.39. The molecule has 0 fully saturated rings. The fourth-order valence-corrected chi connectivity index (χ4v) is 1.60. The Labute approximate surface area is 105 Å². The van der Waals surface area contributed by atoms with Crippen LogP contribution in [-0.2, 0) is 4.79 Å². The topological polar surface area (TPSA) is 95.7 Å². The number of aliphatic carboxylic acids is 1. The first-order chi connectivity index (χ1) is 8.45. The van der Waals surface area contributed by atoms with Gasteiger partial charge in [0.2, 0.25) is 0 Å². The van der Waals surface area contributed by atoms with E-state index in [0.717, 1.165) is 0 Å². The zero-order valence-corrected chi connectivity index (χ0v) is 10.4. The number of carbonyl (C=O) groups excluding carboxylic acids is 1. The molecular formula is C12H17N3O3. The summed E-state index contributed by atoms with van der Waals surface area (Å²) in [4.78, 5) is 24.0. The maximum atomic E-state index is 11.8. The molecule has 0 bridgehead atoms. The lowest BCUT2D eigenvalue weighted by Gasteiger charge is -2.20. The van der Waals surface area contributed by atoms with Crippen LogP contribution in [0.2, 0.25) is 0 Å². The lowest BCUT2D eigenvalue weighted by atomic mass is 10.1. The molecule has 0 aliphatic heterocycles. The Morgan fingerprint density at radius 2 is 2.11 bits per heavy atom. The summed E-state index contributed by atoms with van der Waals surface area (Å²) in [7, 11) is 1.60. The molecule has 0 unspecified atom stereocenters. The van der Waals surface area contributed by atoms with Crippen LogP contribution in [0.1, 0.15) is 17.3 Å². The zero-order valence-electron chi connectivity index (χ0n) is 10.4. The number of amides is 1. The van der Waals surface area contributed by atoms with Crippen LogP contribution in [0.15, 0.2) is 18.2 Å². The van der Waals surface area contributed by atoms with E-state index in [9.17, 15) is 9.59 Å². The normalized spacial score (nSPS) is 9.89. The van der Waals surface area contributed by atoms with Crippen molar-refractivity contribution < 1.29 is 14.7 Å². The summed E-state index contributed by atoms with van der Waals surface area (Å²) in [5, 5.41) is 11.4. The minimum absolute atomic E-state index is 0.199. The van der Waals surface area contributed by atoms with E-state index < -0.39 is 5.97 Å². The molecule has 0 spiro atoms. The third-order valence-electron chi connectivity index (χ3n) is 2.39. The van der Waals surface area contributed by atoms with Crippen molar-refractivity contribution in [3.05, 3.63) is 23.8 Å². The number of nitrogens with two attached hydrogens (primary N) is 1. The summed E-state index contributed by atoms with van der Waals surface area (Å²) in [6.45, 7) is 2.12. The van der Waals surface area contributed by atoms with E-state index in [-0.39, 0.29) is 12.5 Å². The largest absolute Gasteiger partial charge is 0.480 e. The molecule has 98 valence electrons. The lowest BCUT2D eigenvalue weighted by molar-refractivity contribution is -0.135. The molecule has 0 radical (unpaired) electrons. The Bertz CT molecular complexity index is 460. The van der Waals surface area contributed by atoms with Crippen molar-refractivity contribution in [2.75, 3.05) is 30.8 Å². The fraction of sp³-hybridized carbons (Fsp3) is 0.333. The number of nitrogens with one attached hydrogen (secondary N) is 1. The number of hydrogen-bond donors (Lipinski definition) is 3. The second-order valence-electron chi connectivity index (χ2n) is 3.89. The maximum Gasteiger partial charge on any atom is 0.323 e. The molecule has 0 aliphatic rings. The number of anilines is 2. The highest BCUT2D eigenvalue weighted by molar-refractivity contribution is 6.00. The van der Waals surface area contributed by atoms with E-state index in [1.807, 2.05) is 6.92 Å². The van der Waals surface area contributed by atoms with E-state index in [0.29, 0.717) is 23.5 Å². The van der Waals surface area contributed by atoms with Gasteiger partial charge in [0.25, 0.3) is 5.91 Å². The molecule has 0 saturated heterocycles. The average molecular weight is 251 g/mol. The summed E-state index contributed by atoms with van der Waals surface area (Å²) in [6, 6.07) is 4.80. The minimum atomic E-state index is -0.971. The number of carbonyl (C=O) groups is 2. The zero-order chi connectivity index (χ0) is 13.7. The lowest BCUT2D eigenvalue weighted by Crippen LogP contribution is -2.30. The van der Waals surface area contributed by atoms with E-state index >= 15 is 0 Å². The number of carboxylic acid groups (broad SMARTS) is 1. The molecule has 0 heterocycles. The van der Waals surface area contributed by atoms with Crippen LogP contribution in [0.5, 0.6) is 0 Å². The highest BCUT2D eigenvalue weighted by Crippen LogP contribution is 2.22. The third kappa shape index (κ3) is 3.38. The number of hydrogen-bond acceptors (Lipinski definition) is 4. The molecule has 0 saturated carbocycles. The van der Waals surface area contributed by atoms with Crippen molar-refractivity contribution in [2.45, 2.75) is 6.92 Å². The van der Waals surface area contributed by atoms with Crippen molar-refractivity contribution >= 4 is 23.3 Å². The summed E-state index contributed by atoms with van der Waals surface area (Å²) >= 11 is 0. The molecule has 0 atom stereocenters.